The van der Waals surface area contributed by atoms with Crippen molar-refractivity contribution in [3.05, 3.63) is 82.8 Å². The average Bonchev–Trinajstić information content (AvgIpc) is 3.23. The lowest BCUT2D eigenvalue weighted by Gasteiger charge is -2.14. The molecule has 8 heteroatoms. The number of benzene rings is 1. The van der Waals surface area contributed by atoms with Gasteiger partial charge in [-0.2, -0.15) is 0 Å². The van der Waals surface area contributed by atoms with Crippen LogP contribution < -0.4 is 5.56 Å². The Bertz CT molecular complexity index is 1270. The number of nitrogens with one attached hydrogen (secondary N) is 1. The van der Waals surface area contributed by atoms with E-state index in [0.717, 1.165) is 22.2 Å². The molecule has 3 aromatic heterocycles. The first-order valence-electron chi connectivity index (χ1n) is 10.9. The highest BCUT2D eigenvalue weighted by Crippen LogP contribution is 2.19. The molecule has 0 aliphatic rings. The number of pyridine rings is 1. The fraction of sp³-hybridized carbons (Fsp3) is 0.280. The fourth-order valence-corrected chi connectivity index (χ4v) is 3.82. The van der Waals surface area contributed by atoms with Crippen molar-refractivity contribution in [1.29, 1.82) is 0 Å². The second-order valence-electron chi connectivity index (χ2n) is 7.93. The van der Waals surface area contributed by atoms with Crippen LogP contribution in [-0.2, 0) is 24.2 Å². The molecule has 0 bridgehead atoms. The third kappa shape index (κ3) is 5.58. The van der Waals surface area contributed by atoms with Crippen molar-refractivity contribution >= 4 is 16.7 Å². The van der Waals surface area contributed by atoms with Crippen LogP contribution in [0, 0.1) is 0 Å². The molecule has 0 radical (unpaired) electrons. The number of alkyl halides is 2. The molecule has 0 saturated carbocycles. The monoisotopic (exact) mass is 450 g/mol. The first-order chi connectivity index (χ1) is 16.0. The molecule has 170 valence electrons. The van der Waals surface area contributed by atoms with E-state index < -0.39 is 12.0 Å². The van der Waals surface area contributed by atoms with Gasteiger partial charge in [0, 0.05) is 41.8 Å². The summed E-state index contributed by atoms with van der Waals surface area (Å²) >= 11 is 0. The summed E-state index contributed by atoms with van der Waals surface area (Å²) in [5, 5.41) is 0.977. The molecule has 0 aliphatic heterocycles. The molecule has 0 fully saturated rings. The Morgan fingerprint density at radius 1 is 1.09 bits per heavy atom. The van der Waals surface area contributed by atoms with E-state index in [4.69, 9.17) is 0 Å². The van der Waals surface area contributed by atoms with Gasteiger partial charge >= 0.3 is 0 Å². The van der Waals surface area contributed by atoms with Gasteiger partial charge in [0.2, 0.25) is 6.43 Å². The maximum atomic E-state index is 13.1. The maximum Gasteiger partial charge on any atom is 0.273 e. The topological polar surface area (TPSA) is 80.6 Å². The number of aromatic amines is 1. The van der Waals surface area contributed by atoms with Crippen LogP contribution in [0.1, 0.15) is 30.7 Å². The number of nitrogens with zero attached hydrogens (tertiary/aromatic N) is 3. The van der Waals surface area contributed by atoms with Gasteiger partial charge in [-0.05, 0) is 37.0 Å². The van der Waals surface area contributed by atoms with Crippen molar-refractivity contribution < 1.29 is 13.6 Å². The molecule has 1 aromatic carbocycles. The lowest BCUT2D eigenvalue weighted by Crippen LogP contribution is -2.29. The molecule has 0 atom stereocenters. The minimum atomic E-state index is -2.42. The standard InChI is InChI=1S/C25H24F2N4O2/c26-24(27)8-4-7-22-25(33)31(23(15-29-22)17-5-2-1-3-6-17)16-20(32)10-9-19-13-18-14-28-12-11-21(18)30-19/h1-3,5-6,11-15,24,30H,4,7-10,16H2. The molecular weight excluding hydrogens is 426 g/mol. The number of hydrogen-bond acceptors (Lipinski definition) is 4. The van der Waals surface area contributed by atoms with Crippen LogP contribution in [0.5, 0.6) is 0 Å². The summed E-state index contributed by atoms with van der Waals surface area (Å²) < 4.78 is 26.4. The zero-order chi connectivity index (χ0) is 23.2. The molecule has 0 amide bonds. The van der Waals surface area contributed by atoms with Crippen molar-refractivity contribution in [2.75, 3.05) is 0 Å². The van der Waals surface area contributed by atoms with Gasteiger partial charge in [-0.1, -0.05) is 30.3 Å². The van der Waals surface area contributed by atoms with E-state index in [2.05, 4.69) is 15.0 Å². The highest BCUT2D eigenvalue weighted by atomic mass is 19.3. The Kier molecular flexibility index (Phi) is 7.02. The Morgan fingerprint density at radius 3 is 2.67 bits per heavy atom. The van der Waals surface area contributed by atoms with Crippen LogP contribution in [-0.4, -0.2) is 31.7 Å². The van der Waals surface area contributed by atoms with E-state index in [1.807, 2.05) is 42.5 Å². The van der Waals surface area contributed by atoms with Crippen molar-refractivity contribution in [3.8, 4) is 11.3 Å². The van der Waals surface area contributed by atoms with Crippen LogP contribution in [0.15, 0.2) is 65.8 Å². The number of aryl methyl sites for hydroxylation is 2. The summed E-state index contributed by atoms with van der Waals surface area (Å²) in [5.74, 6) is -0.101. The van der Waals surface area contributed by atoms with Gasteiger partial charge in [-0.25, -0.2) is 8.78 Å². The Balaban J connectivity index is 1.54. The number of Topliss-reactive ketones (excluding diaryl/α,β-unsaturated/α-hetero) is 1. The highest BCUT2D eigenvalue weighted by Gasteiger charge is 2.16. The first-order valence-corrected chi connectivity index (χ1v) is 10.9. The molecule has 1 N–H and O–H groups in total. The van der Waals surface area contributed by atoms with E-state index in [1.54, 1.807) is 18.6 Å². The summed E-state index contributed by atoms with van der Waals surface area (Å²) in [7, 11) is 0. The summed E-state index contributed by atoms with van der Waals surface area (Å²) in [4.78, 5) is 37.6. The number of carbonyl (C=O) groups is 1. The van der Waals surface area contributed by atoms with Gasteiger partial charge in [0.05, 0.1) is 18.4 Å². The number of halogens is 2. The van der Waals surface area contributed by atoms with E-state index in [1.165, 1.54) is 4.57 Å². The second kappa shape index (κ2) is 10.3. The lowest BCUT2D eigenvalue weighted by atomic mass is 10.1. The third-order valence-corrected chi connectivity index (χ3v) is 5.52. The molecule has 0 saturated heterocycles. The molecule has 6 nitrogen and oxygen atoms in total. The molecule has 33 heavy (non-hydrogen) atoms. The van der Waals surface area contributed by atoms with Crippen molar-refractivity contribution in [2.24, 2.45) is 0 Å². The van der Waals surface area contributed by atoms with Crippen LogP contribution in [0.4, 0.5) is 8.78 Å². The molecule has 0 aliphatic carbocycles. The third-order valence-electron chi connectivity index (χ3n) is 5.52. The SMILES string of the molecule is O=C(CCc1cc2cnccc2[nH]1)Cn1c(-c2ccccc2)cnc(CCCC(F)F)c1=O. The summed E-state index contributed by atoms with van der Waals surface area (Å²) in [6.45, 7) is -0.102. The van der Waals surface area contributed by atoms with Gasteiger partial charge in [0.25, 0.3) is 5.56 Å². The number of ketones is 1. The number of aromatic nitrogens is 4. The molecule has 4 aromatic rings. The van der Waals surface area contributed by atoms with Gasteiger partial charge in [-0.3, -0.25) is 24.1 Å². The zero-order valence-corrected chi connectivity index (χ0v) is 18.0. The number of carbonyl (C=O) groups excluding carboxylic acids is 1. The predicted molar refractivity (Wildman–Crippen MR) is 122 cm³/mol. The van der Waals surface area contributed by atoms with Gasteiger partial charge in [0.15, 0.2) is 5.78 Å². The second-order valence-corrected chi connectivity index (χ2v) is 7.93. The summed E-state index contributed by atoms with van der Waals surface area (Å²) in [6, 6.07) is 13.1. The summed E-state index contributed by atoms with van der Waals surface area (Å²) in [6.07, 6.45) is 3.37. The number of rotatable bonds is 10. The highest BCUT2D eigenvalue weighted by molar-refractivity contribution is 5.81. The lowest BCUT2D eigenvalue weighted by molar-refractivity contribution is -0.119. The number of H-pyrrole nitrogens is 1. The van der Waals surface area contributed by atoms with E-state index in [9.17, 15) is 18.4 Å². The molecule has 4 rings (SSSR count). The van der Waals surface area contributed by atoms with E-state index in [0.29, 0.717) is 12.1 Å². The minimum Gasteiger partial charge on any atom is -0.358 e. The van der Waals surface area contributed by atoms with Crippen molar-refractivity contribution in [1.82, 2.24) is 19.5 Å². The van der Waals surface area contributed by atoms with Gasteiger partial charge in [0.1, 0.15) is 5.69 Å². The maximum absolute atomic E-state index is 13.1. The van der Waals surface area contributed by atoms with E-state index >= 15 is 0 Å². The minimum absolute atomic E-state index is 0.101. The van der Waals surface area contributed by atoms with E-state index in [-0.39, 0.29) is 43.7 Å². The molecular formula is C25H24F2N4O2. The fourth-order valence-electron chi connectivity index (χ4n) is 3.82. The molecule has 0 unspecified atom stereocenters. The van der Waals surface area contributed by atoms with Crippen LogP contribution in [0.2, 0.25) is 0 Å². The molecule has 0 spiro atoms. The molecule has 3 heterocycles. The predicted octanol–water partition coefficient (Wildman–Crippen LogP) is 4.58. The Morgan fingerprint density at radius 2 is 1.91 bits per heavy atom. The zero-order valence-electron chi connectivity index (χ0n) is 18.0. The largest absolute Gasteiger partial charge is 0.358 e. The smallest absolute Gasteiger partial charge is 0.273 e. The normalized spacial score (nSPS) is 11.4. The van der Waals surface area contributed by atoms with Crippen LogP contribution in [0.25, 0.3) is 22.2 Å². The Hall–Kier alpha value is -3.68. The quantitative estimate of drug-likeness (QED) is 0.384. The average molecular weight is 450 g/mol. The van der Waals surface area contributed by atoms with Crippen molar-refractivity contribution in [2.45, 2.75) is 45.1 Å². The Labute approximate surface area is 189 Å². The van der Waals surface area contributed by atoms with Crippen LogP contribution in [0.3, 0.4) is 0 Å². The summed E-state index contributed by atoms with van der Waals surface area (Å²) in [5.41, 5.74) is 2.96. The first kappa shape index (κ1) is 22.5. The van der Waals surface area contributed by atoms with Gasteiger partial charge in [-0.15, -0.1) is 0 Å². The van der Waals surface area contributed by atoms with Crippen LogP contribution >= 0.6 is 0 Å². The van der Waals surface area contributed by atoms with Gasteiger partial charge < -0.3 is 4.98 Å². The number of hydrogen-bond donors (Lipinski definition) is 1. The van der Waals surface area contributed by atoms with Crippen molar-refractivity contribution in [3.63, 3.8) is 0 Å². The number of fused-ring (bicyclic) bond motifs is 1.